The van der Waals surface area contributed by atoms with Crippen LogP contribution in [-0.4, -0.2) is 17.4 Å². The van der Waals surface area contributed by atoms with Crippen LogP contribution in [0, 0.1) is 0 Å². The molecule has 14 heavy (non-hydrogen) atoms. The summed E-state index contributed by atoms with van der Waals surface area (Å²) in [6, 6.07) is 1.66. The SMILES string of the molecule is O=C1NCC2(CC2)c2cnc(Cl)cc21. The first-order chi connectivity index (χ1) is 6.71. The molecule has 72 valence electrons. The third-order valence-electron chi connectivity index (χ3n) is 3.13. The van der Waals surface area contributed by atoms with Crippen LogP contribution in [0.1, 0.15) is 28.8 Å². The Morgan fingerprint density at radius 3 is 3.00 bits per heavy atom. The highest BCUT2D eigenvalue weighted by molar-refractivity contribution is 6.29. The van der Waals surface area contributed by atoms with Gasteiger partial charge in [-0.25, -0.2) is 4.98 Å². The second-order valence-corrected chi connectivity index (χ2v) is 4.40. The van der Waals surface area contributed by atoms with Gasteiger partial charge >= 0.3 is 0 Å². The molecule has 1 aromatic heterocycles. The Morgan fingerprint density at radius 2 is 2.29 bits per heavy atom. The first-order valence-electron chi connectivity index (χ1n) is 4.66. The van der Waals surface area contributed by atoms with Crippen LogP contribution in [0.4, 0.5) is 0 Å². The maximum atomic E-state index is 11.6. The number of fused-ring (bicyclic) bond motifs is 2. The highest BCUT2D eigenvalue weighted by atomic mass is 35.5. The predicted molar refractivity (Wildman–Crippen MR) is 52.5 cm³/mol. The lowest BCUT2D eigenvalue weighted by atomic mass is 9.89. The summed E-state index contributed by atoms with van der Waals surface area (Å²) < 4.78 is 0. The molecule has 1 aromatic rings. The highest BCUT2D eigenvalue weighted by Crippen LogP contribution is 2.50. The number of amides is 1. The first-order valence-corrected chi connectivity index (χ1v) is 5.03. The van der Waals surface area contributed by atoms with Gasteiger partial charge in [-0.3, -0.25) is 4.79 Å². The van der Waals surface area contributed by atoms with E-state index in [1.54, 1.807) is 12.3 Å². The van der Waals surface area contributed by atoms with Gasteiger partial charge in [0.1, 0.15) is 5.15 Å². The van der Waals surface area contributed by atoms with E-state index in [2.05, 4.69) is 10.3 Å². The first kappa shape index (κ1) is 8.24. The summed E-state index contributed by atoms with van der Waals surface area (Å²) in [6.07, 6.45) is 4.04. The molecule has 0 aromatic carbocycles. The fraction of sp³-hybridized carbons (Fsp3) is 0.400. The van der Waals surface area contributed by atoms with Crippen molar-refractivity contribution < 1.29 is 4.79 Å². The van der Waals surface area contributed by atoms with Crippen LogP contribution in [0.25, 0.3) is 0 Å². The Balaban J connectivity index is 2.21. The maximum absolute atomic E-state index is 11.6. The van der Waals surface area contributed by atoms with Crippen LogP contribution in [-0.2, 0) is 5.41 Å². The standard InChI is InChI=1S/C10H9ClN2O/c11-8-3-6-7(4-12-8)10(1-2-10)5-13-9(6)14/h3-4H,1-2,5H2,(H,13,14). The number of hydrogen-bond donors (Lipinski definition) is 1. The number of halogens is 1. The van der Waals surface area contributed by atoms with Crippen molar-refractivity contribution in [1.29, 1.82) is 0 Å². The van der Waals surface area contributed by atoms with Gasteiger partial charge in [-0.05, 0) is 24.5 Å². The number of aromatic nitrogens is 1. The van der Waals surface area contributed by atoms with Gasteiger partial charge in [0, 0.05) is 23.7 Å². The average molecular weight is 209 g/mol. The molecule has 3 nitrogen and oxygen atoms in total. The summed E-state index contributed by atoms with van der Waals surface area (Å²) in [5.41, 5.74) is 1.96. The van der Waals surface area contributed by atoms with Crippen LogP contribution in [0.2, 0.25) is 5.15 Å². The van der Waals surface area contributed by atoms with Gasteiger partial charge in [0.2, 0.25) is 0 Å². The number of rotatable bonds is 0. The topological polar surface area (TPSA) is 42.0 Å². The molecule has 1 spiro atoms. The van der Waals surface area contributed by atoms with E-state index in [0.717, 1.165) is 24.9 Å². The van der Waals surface area contributed by atoms with E-state index in [1.807, 2.05) is 0 Å². The third-order valence-corrected chi connectivity index (χ3v) is 3.33. The smallest absolute Gasteiger partial charge is 0.251 e. The van der Waals surface area contributed by atoms with E-state index in [0.29, 0.717) is 10.7 Å². The lowest BCUT2D eigenvalue weighted by Gasteiger charge is -2.24. The van der Waals surface area contributed by atoms with E-state index in [9.17, 15) is 4.79 Å². The minimum Gasteiger partial charge on any atom is -0.351 e. The zero-order valence-corrected chi connectivity index (χ0v) is 8.27. The molecular weight excluding hydrogens is 200 g/mol. The Hall–Kier alpha value is -1.09. The van der Waals surface area contributed by atoms with Crippen molar-refractivity contribution in [3.05, 3.63) is 28.5 Å². The van der Waals surface area contributed by atoms with Gasteiger partial charge in [-0.1, -0.05) is 11.6 Å². The predicted octanol–water partition coefficient (Wildman–Crippen LogP) is 1.51. The van der Waals surface area contributed by atoms with Crippen LogP contribution in [0.5, 0.6) is 0 Å². The largest absolute Gasteiger partial charge is 0.351 e. The normalized spacial score (nSPS) is 21.6. The molecule has 1 aliphatic carbocycles. The highest BCUT2D eigenvalue weighted by Gasteiger charge is 2.49. The molecule has 0 atom stereocenters. The molecule has 1 amide bonds. The third kappa shape index (κ3) is 0.989. The summed E-state index contributed by atoms with van der Waals surface area (Å²) in [7, 11) is 0. The van der Waals surface area contributed by atoms with Gasteiger partial charge < -0.3 is 5.32 Å². The number of nitrogens with zero attached hydrogens (tertiary/aromatic N) is 1. The van der Waals surface area contributed by atoms with E-state index < -0.39 is 0 Å². The van der Waals surface area contributed by atoms with Crippen LogP contribution >= 0.6 is 11.6 Å². The fourth-order valence-corrected chi connectivity index (χ4v) is 2.24. The molecule has 3 rings (SSSR count). The molecule has 1 fully saturated rings. The van der Waals surface area contributed by atoms with Gasteiger partial charge in [-0.2, -0.15) is 0 Å². The van der Waals surface area contributed by atoms with E-state index >= 15 is 0 Å². The van der Waals surface area contributed by atoms with Gasteiger partial charge in [-0.15, -0.1) is 0 Å². The van der Waals surface area contributed by atoms with Crippen molar-refractivity contribution in [1.82, 2.24) is 10.3 Å². The second kappa shape index (κ2) is 2.48. The molecule has 0 unspecified atom stereocenters. The van der Waals surface area contributed by atoms with Crippen LogP contribution < -0.4 is 5.32 Å². The van der Waals surface area contributed by atoms with Crippen molar-refractivity contribution in [2.45, 2.75) is 18.3 Å². The van der Waals surface area contributed by atoms with Crippen molar-refractivity contribution in [2.24, 2.45) is 0 Å². The van der Waals surface area contributed by atoms with Crippen LogP contribution in [0.3, 0.4) is 0 Å². The molecule has 0 bridgehead atoms. The lowest BCUT2D eigenvalue weighted by molar-refractivity contribution is 0.0937. The quantitative estimate of drug-likeness (QED) is 0.657. The molecule has 1 saturated carbocycles. The van der Waals surface area contributed by atoms with Crippen molar-refractivity contribution in [3.8, 4) is 0 Å². The zero-order valence-electron chi connectivity index (χ0n) is 7.51. The van der Waals surface area contributed by atoms with Gasteiger partial charge in [0.15, 0.2) is 0 Å². The van der Waals surface area contributed by atoms with E-state index in [1.165, 1.54) is 0 Å². The molecule has 0 saturated heterocycles. The number of carbonyl (C=O) groups is 1. The Morgan fingerprint density at radius 1 is 1.50 bits per heavy atom. The molecule has 1 aliphatic heterocycles. The summed E-state index contributed by atoms with van der Waals surface area (Å²) in [6.45, 7) is 0.752. The van der Waals surface area contributed by atoms with Gasteiger partial charge in [0.05, 0.1) is 0 Å². The zero-order chi connectivity index (χ0) is 9.76. The fourth-order valence-electron chi connectivity index (χ4n) is 2.08. The molecule has 2 heterocycles. The monoisotopic (exact) mass is 208 g/mol. The number of hydrogen-bond acceptors (Lipinski definition) is 2. The number of carbonyl (C=O) groups excluding carboxylic acids is 1. The van der Waals surface area contributed by atoms with Crippen molar-refractivity contribution in [2.75, 3.05) is 6.54 Å². The molecule has 0 radical (unpaired) electrons. The summed E-state index contributed by atoms with van der Waals surface area (Å²) in [5, 5.41) is 3.28. The number of pyridine rings is 1. The van der Waals surface area contributed by atoms with E-state index in [4.69, 9.17) is 11.6 Å². The van der Waals surface area contributed by atoms with E-state index in [-0.39, 0.29) is 11.3 Å². The van der Waals surface area contributed by atoms with Crippen molar-refractivity contribution in [3.63, 3.8) is 0 Å². The average Bonchev–Trinajstić information content (AvgIpc) is 2.93. The molecule has 1 N–H and O–H groups in total. The minimum absolute atomic E-state index is 0.0261. The maximum Gasteiger partial charge on any atom is 0.251 e. The van der Waals surface area contributed by atoms with Crippen LogP contribution in [0.15, 0.2) is 12.3 Å². The molecule has 4 heteroatoms. The molecular formula is C10H9ClN2O. The number of nitrogens with one attached hydrogen (secondary N) is 1. The van der Waals surface area contributed by atoms with Gasteiger partial charge in [0.25, 0.3) is 5.91 Å². The Bertz CT molecular complexity index is 426. The van der Waals surface area contributed by atoms with Crippen molar-refractivity contribution >= 4 is 17.5 Å². The summed E-state index contributed by atoms with van der Waals surface area (Å²) in [4.78, 5) is 15.6. The summed E-state index contributed by atoms with van der Waals surface area (Å²) in [5.74, 6) is -0.0261. The Labute approximate surface area is 86.5 Å². The Kier molecular flexibility index (Phi) is 1.46. The minimum atomic E-state index is -0.0261. The lowest BCUT2D eigenvalue weighted by Crippen LogP contribution is -2.39. The second-order valence-electron chi connectivity index (χ2n) is 4.02. The summed E-state index contributed by atoms with van der Waals surface area (Å²) >= 11 is 5.76. The molecule has 2 aliphatic rings.